The molecule has 0 saturated heterocycles. The van der Waals surface area contributed by atoms with E-state index in [0.29, 0.717) is 17.9 Å². The molecule has 1 aromatic rings. The first-order chi connectivity index (χ1) is 10.1. The van der Waals surface area contributed by atoms with Gasteiger partial charge in [-0.05, 0) is 37.4 Å². The lowest BCUT2D eigenvalue weighted by Crippen LogP contribution is -2.27. The van der Waals surface area contributed by atoms with Gasteiger partial charge in [0.2, 0.25) is 0 Å². The molecule has 0 aromatic heterocycles. The number of hydrogen-bond donors (Lipinski definition) is 0. The summed E-state index contributed by atoms with van der Waals surface area (Å²) in [5.74, 6) is -0.307. The highest BCUT2D eigenvalue weighted by atomic mass is 16.5. The van der Waals surface area contributed by atoms with E-state index >= 15 is 0 Å². The van der Waals surface area contributed by atoms with E-state index in [-0.39, 0.29) is 5.97 Å². The number of carbonyl (C=O) groups is 1. The van der Waals surface area contributed by atoms with Crippen molar-refractivity contribution in [3.63, 3.8) is 0 Å². The highest BCUT2D eigenvalue weighted by Gasteiger charge is 2.07. The smallest absolute Gasteiger partial charge is 0.338 e. The topological polar surface area (TPSA) is 57.5 Å². The number of rotatable bonds is 8. The molecule has 116 valence electrons. The molecule has 0 N–H and O–H groups in total. The lowest BCUT2D eigenvalue weighted by molar-refractivity contribution is 0.0466. The Balaban J connectivity index is 2.48. The fraction of sp³-hybridized carbons (Fsp3) is 0.533. The Morgan fingerprint density at radius 3 is 2.29 bits per heavy atom. The Kier molecular flexibility index (Phi) is 7.39. The Bertz CT molecular complexity index is 453. The van der Waals surface area contributed by atoms with Gasteiger partial charge in [0.05, 0.1) is 11.3 Å². The van der Waals surface area contributed by atoms with Crippen molar-refractivity contribution in [2.24, 2.45) is 10.3 Å². The number of carbonyl (C=O) groups excluding carboxylic acids is 1. The minimum Gasteiger partial charge on any atom is -0.461 e. The van der Waals surface area contributed by atoms with Gasteiger partial charge in [-0.2, -0.15) is 0 Å². The predicted molar refractivity (Wildman–Crippen MR) is 82.7 cm³/mol. The minimum absolute atomic E-state index is 0.307. The Morgan fingerprint density at radius 2 is 1.76 bits per heavy atom. The summed E-state index contributed by atoms with van der Waals surface area (Å²) in [5.41, 5.74) is 1.22. The fourth-order valence-corrected chi connectivity index (χ4v) is 1.70. The van der Waals surface area contributed by atoms with Crippen molar-refractivity contribution < 1.29 is 9.53 Å². The number of hydrogen-bond acceptors (Lipinski definition) is 5. The van der Waals surface area contributed by atoms with Gasteiger partial charge in [0.1, 0.15) is 6.61 Å². The normalized spacial score (nSPS) is 11.1. The molecular formula is C15H24N4O2. The zero-order chi connectivity index (χ0) is 15.7. The molecule has 6 nitrogen and oxygen atoms in total. The second kappa shape index (κ2) is 9.07. The Hall–Kier alpha value is -1.95. The fourth-order valence-electron chi connectivity index (χ4n) is 1.70. The molecule has 0 heterocycles. The average molecular weight is 292 g/mol. The van der Waals surface area contributed by atoms with Crippen molar-refractivity contribution in [3.8, 4) is 0 Å². The largest absolute Gasteiger partial charge is 0.461 e. The van der Waals surface area contributed by atoms with Crippen molar-refractivity contribution in [2.45, 2.75) is 13.8 Å². The van der Waals surface area contributed by atoms with Gasteiger partial charge in [-0.15, -0.1) is 5.11 Å². The zero-order valence-electron chi connectivity index (χ0n) is 13.2. The summed E-state index contributed by atoms with van der Waals surface area (Å²) >= 11 is 0. The van der Waals surface area contributed by atoms with Crippen LogP contribution in [0.5, 0.6) is 0 Å². The minimum atomic E-state index is -0.307. The molecule has 0 aliphatic carbocycles. The van der Waals surface area contributed by atoms with Gasteiger partial charge in [0.15, 0.2) is 0 Å². The molecule has 6 heteroatoms. The molecule has 1 rings (SSSR count). The number of esters is 1. The number of ether oxygens (including phenoxy) is 1. The molecule has 0 saturated carbocycles. The van der Waals surface area contributed by atoms with E-state index in [1.165, 1.54) is 0 Å². The van der Waals surface area contributed by atoms with Gasteiger partial charge in [0, 0.05) is 20.6 Å². The third kappa shape index (κ3) is 6.35. The molecule has 0 aliphatic rings. The van der Waals surface area contributed by atoms with Crippen LogP contribution in [-0.2, 0) is 4.74 Å². The van der Waals surface area contributed by atoms with Crippen LogP contribution in [0.2, 0.25) is 0 Å². The van der Waals surface area contributed by atoms with E-state index in [0.717, 1.165) is 19.6 Å². The van der Waals surface area contributed by atoms with Crippen molar-refractivity contribution in [1.82, 2.24) is 9.91 Å². The van der Waals surface area contributed by atoms with Crippen LogP contribution < -0.4 is 0 Å². The second-order valence-electron chi connectivity index (χ2n) is 4.75. The van der Waals surface area contributed by atoms with Crippen molar-refractivity contribution in [2.75, 3.05) is 40.3 Å². The molecular weight excluding hydrogens is 268 g/mol. The van der Waals surface area contributed by atoms with Gasteiger partial charge < -0.3 is 9.64 Å². The van der Waals surface area contributed by atoms with Crippen molar-refractivity contribution in [3.05, 3.63) is 29.8 Å². The van der Waals surface area contributed by atoms with Crippen LogP contribution in [0.4, 0.5) is 5.69 Å². The van der Waals surface area contributed by atoms with Crippen LogP contribution in [0, 0.1) is 0 Å². The molecule has 0 unspecified atom stereocenters. The first-order valence-electron chi connectivity index (χ1n) is 7.15. The summed E-state index contributed by atoms with van der Waals surface area (Å²) in [6.45, 7) is 7.26. The van der Waals surface area contributed by atoms with Crippen LogP contribution in [0.15, 0.2) is 34.6 Å². The van der Waals surface area contributed by atoms with E-state index in [1.54, 1.807) is 43.4 Å². The van der Waals surface area contributed by atoms with Crippen LogP contribution in [0.1, 0.15) is 24.2 Å². The van der Waals surface area contributed by atoms with Gasteiger partial charge in [-0.1, -0.05) is 19.1 Å². The molecule has 1 aromatic carbocycles. The van der Waals surface area contributed by atoms with Crippen molar-refractivity contribution in [1.29, 1.82) is 0 Å². The summed E-state index contributed by atoms with van der Waals surface area (Å²) in [5, 5.41) is 9.51. The SMILES string of the molecule is CCN(CC)CCOC(=O)c1ccc(N=NN(C)C)cc1. The lowest BCUT2D eigenvalue weighted by Gasteiger charge is -2.17. The molecule has 0 bridgehead atoms. The highest BCUT2D eigenvalue weighted by Crippen LogP contribution is 2.14. The average Bonchev–Trinajstić information content (AvgIpc) is 2.50. The maximum absolute atomic E-state index is 11.9. The number of likely N-dealkylation sites (N-methyl/N-ethyl adjacent to an activating group) is 1. The first kappa shape index (κ1) is 17.1. The molecule has 0 radical (unpaired) electrons. The van der Waals surface area contributed by atoms with E-state index in [9.17, 15) is 4.79 Å². The zero-order valence-corrected chi connectivity index (χ0v) is 13.2. The van der Waals surface area contributed by atoms with Crippen LogP contribution in [0.3, 0.4) is 0 Å². The highest BCUT2D eigenvalue weighted by molar-refractivity contribution is 5.89. The van der Waals surface area contributed by atoms with Crippen LogP contribution in [0.25, 0.3) is 0 Å². The number of nitrogens with zero attached hydrogens (tertiary/aromatic N) is 4. The Labute approximate surface area is 126 Å². The van der Waals surface area contributed by atoms with E-state index < -0.39 is 0 Å². The molecule has 0 spiro atoms. The summed E-state index contributed by atoms with van der Waals surface area (Å²) in [7, 11) is 3.59. The Morgan fingerprint density at radius 1 is 1.14 bits per heavy atom. The summed E-state index contributed by atoms with van der Waals surface area (Å²) in [4.78, 5) is 14.1. The maximum atomic E-state index is 11.9. The monoisotopic (exact) mass is 292 g/mol. The predicted octanol–water partition coefficient (Wildman–Crippen LogP) is 2.75. The molecule has 0 fully saturated rings. The van der Waals surface area contributed by atoms with E-state index in [2.05, 4.69) is 29.1 Å². The lowest BCUT2D eigenvalue weighted by atomic mass is 10.2. The van der Waals surface area contributed by atoms with Gasteiger partial charge in [0.25, 0.3) is 0 Å². The first-order valence-corrected chi connectivity index (χ1v) is 7.15. The number of benzene rings is 1. The second-order valence-corrected chi connectivity index (χ2v) is 4.75. The summed E-state index contributed by atoms with van der Waals surface area (Å²) in [6.07, 6.45) is 0. The van der Waals surface area contributed by atoms with E-state index in [1.807, 2.05) is 0 Å². The van der Waals surface area contributed by atoms with E-state index in [4.69, 9.17) is 4.74 Å². The van der Waals surface area contributed by atoms with Gasteiger partial charge in [-0.25, -0.2) is 4.79 Å². The molecule has 0 atom stereocenters. The molecule has 21 heavy (non-hydrogen) atoms. The van der Waals surface area contributed by atoms with Crippen molar-refractivity contribution >= 4 is 11.7 Å². The summed E-state index contributed by atoms with van der Waals surface area (Å²) in [6, 6.07) is 6.88. The van der Waals surface area contributed by atoms with Crippen LogP contribution in [-0.4, -0.2) is 56.2 Å². The molecule has 0 amide bonds. The van der Waals surface area contributed by atoms with Crippen LogP contribution >= 0.6 is 0 Å². The quantitative estimate of drug-likeness (QED) is 0.420. The maximum Gasteiger partial charge on any atom is 0.338 e. The summed E-state index contributed by atoms with van der Waals surface area (Å²) < 4.78 is 5.26. The molecule has 0 aliphatic heterocycles. The van der Waals surface area contributed by atoms with Gasteiger partial charge >= 0.3 is 5.97 Å². The van der Waals surface area contributed by atoms with Gasteiger partial charge in [-0.3, -0.25) is 5.01 Å². The standard InChI is InChI=1S/C15H24N4O2/c1-5-19(6-2)11-12-21-15(20)13-7-9-14(10-8-13)16-17-18(3)4/h7-10H,5-6,11-12H2,1-4H3. The third-order valence-electron chi connectivity index (χ3n) is 2.98. The third-order valence-corrected chi connectivity index (χ3v) is 2.98.